The van der Waals surface area contributed by atoms with Crippen LogP contribution in [0.1, 0.15) is 40.9 Å². The molecule has 1 fully saturated rings. The van der Waals surface area contributed by atoms with Crippen molar-refractivity contribution in [3.8, 4) is 0 Å². The number of aromatic nitrogens is 4. The number of rotatable bonds is 9. The van der Waals surface area contributed by atoms with E-state index in [9.17, 15) is 13.2 Å². The van der Waals surface area contributed by atoms with Crippen LogP contribution in [0.3, 0.4) is 0 Å². The zero-order valence-electron chi connectivity index (χ0n) is 17.6. The highest BCUT2D eigenvalue weighted by Gasteiger charge is 2.28. The number of nitrogens with zero attached hydrogens (tertiary/aromatic N) is 4. The number of ketones is 1. The Bertz CT molecular complexity index is 1250. The van der Waals surface area contributed by atoms with Gasteiger partial charge in [-0.1, -0.05) is 28.1 Å². The van der Waals surface area contributed by atoms with Crippen LogP contribution in [-0.4, -0.2) is 46.6 Å². The number of carbonyl (C=O) groups excluding carboxylic acids is 1. The molecule has 0 spiro atoms. The van der Waals surface area contributed by atoms with Crippen LogP contribution in [0.15, 0.2) is 53.5 Å². The number of hydrogen-bond acceptors (Lipinski definition) is 8. The molecule has 0 amide bonds. The maximum Gasteiger partial charge on any atom is 0.333 e. The van der Waals surface area contributed by atoms with Gasteiger partial charge in [0.15, 0.2) is 0 Å². The third-order valence-electron chi connectivity index (χ3n) is 5.41. The molecule has 174 valence electrons. The second-order valence-electron chi connectivity index (χ2n) is 7.94. The predicted octanol–water partition coefficient (Wildman–Crippen LogP) is 2.52. The van der Waals surface area contributed by atoms with Crippen molar-refractivity contribution in [1.82, 2.24) is 19.7 Å². The topological polar surface area (TPSA) is 142 Å². The fourth-order valence-corrected chi connectivity index (χ4v) is 4.71. The molecule has 2 atom stereocenters. The molecule has 33 heavy (non-hydrogen) atoms. The van der Waals surface area contributed by atoms with Gasteiger partial charge < -0.3 is 5.32 Å². The minimum atomic E-state index is -3.95. The first-order chi connectivity index (χ1) is 15.8. The summed E-state index contributed by atoms with van der Waals surface area (Å²) in [6, 6.07) is 9.58. The van der Waals surface area contributed by atoms with Crippen molar-refractivity contribution < 1.29 is 17.4 Å². The maximum absolute atomic E-state index is 13.1. The first-order valence-corrected chi connectivity index (χ1v) is 12.6. The van der Waals surface area contributed by atoms with Crippen LogP contribution < -0.4 is 10.5 Å². The average molecular weight is 535 g/mol. The fourth-order valence-electron chi connectivity index (χ4n) is 3.88. The van der Waals surface area contributed by atoms with Gasteiger partial charge in [0.1, 0.15) is 17.8 Å². The van der Waals surface area contributed by atoms with E-state index in [1.54, 1.807) is 16.9 Å². The van der Waals surface area contributed by atoms with Crippen LogP contribution in [0.2, 0.25) is 0 Å². The van der Waals surface area contributed by atoms with Gasteiger partial charge >= 0.3 is 10.3 Å². The third kappa shape index (κ3) is 6.44. The normalized spacial score (nSPS) is 18.4. The van der Waals surface area contributed by atoms with Gasteiger partial charge in [-0.2, -0.15) is 13.5 Å². The van der Waals surface area contributed by atoms with E-state index in [2.05, 4.69) is 36.3 Å². The molecule has 2 aromatic heterocycles. The van der Waals surface area contributed by atoms with Gasteiger partial charge in [0.2, 0.25) is 5.78 Å². The van der Waals surface area contributed by atoms with Crippen molar-refractivity contribution in [3.05, 3.63) is 70.3 Å². The molecule has 1 aliphatic carbocycles. The van der Waals surface area contributed by atoms with Crippen LogP contribution in [-0.2, 0) is 21.0 Å². The van der Waals surface area contributed by atoms with Crippen LogP contribution in [0.5, 0.6) is 0 Å². The van der Waals surface area contributed by atoms with E-state index >= 15 is 0 Å². The summed E-state index contributed by atoms with van der Waals surface area (Å²) >= 11 is 3.46. The lowest BCUT2D eigenvalue weighted by Gasteiger charge is -2.15. The van der Waals surface area contributed by atoms with E-state index in [-0.39, 0.29) is 24.3 Å². The Morgan fingerprint density at radius 2 is 2.15 bits per heavy atom. The minimum absolute atomic E-state index is 0.0228. The Morgan fingerprint density at radius 1 is 1.30 bits per heavy atom. The van der Waals surface area contributed by atoms with Gasteiger partial charge in [-0.3, -0.25) is 13.7 Å². The van der Waals surface area contributed by atoms with Gasteiger partial charge in [-0.25, -0.2) is 15.1 Å². The van der Waals surface area contributed by atoms with Crippen LogP contribution in [0, 0.1) is 5.92 Å². The predicted molar refractivity (Wildman–Crippen MR) is 125 cm³/mol. The number of benzene rings is 1. The molecular weight excluding hydrogens is 512 g/mol. The molecule has 3 aromatic rings. The smallest absolute Gasteiger partial charge is 0.333 e. The Hall–Kier alpha value is -2.67. The minimum Gasteiger partial charge on any atom is -0.367 e. The molecule has 0 aliphatic heterocycles. The summed E-state index contributed by atoms with van der Waals surface area (Å²) in [5, 5.41) is 12.6. The van der Waals surface area contributed by atoms with Crippen LogP contribution in [0.4, 0.5) is 5.82 Å². The molecule has 0 radical (unpaired) electrons. The molecule has 1 aliphatic rings. The van der Waals surface area contributed by atoms with Crippen molar-refractivity contribution in [2.24, 2.45) is 11.1 Å². The highest BCUT2D eigenvalue weighted by molar-refractivity contribution is 9.10. The van der Waals surface area contributed by atoms with Gasteiger partial charge in [0.05, 0.1) is 18.7 Å². The summed E-state index contributed by atoms with van der Waals surface area (Å²) in [5.41, 5.74) is 1.68. The highest BCUT2D eigenvalue weighted by atomic mass is 79.9. The van der Waals surface area contributed by atoms with Crippen molar-refractivity contribution >= 4 is 37.8 Å². The van der Waals surface area contributed by atoms with E-state index in [4.69, 9.17) is 9.32 Å². The summed E-state index contributed by atoms with van der Waals surface area (Å²) in [4.78, 5) is 21.4. The molecule has 4 rings (SSSR count). The molecule has 0 saturated heterocycles. The summed E-state index contributed by atoms with van der Waals surface area (Å²) in [6.45, 7) is 0.579. The fraction of sp³-hybridized carbons (Fsp3) is 0.333. The summed E-state index contributed by atoms with van der Waals surface area (Å²) < 4.78 is 29.4. The molecule has 12 heteroatoms. The molecular formula is C21H23BrN6O4S. The Morgan fingerprint density at radius 3 is 2.94 bits per heavy atom. The molecule has 1 saturated carbocycles. The lowest BCUT2D eigenvalue weighted by Crippen LogP contribution is -2.22. The number of nitrogens with two attached hydrogens (primary N) is 1. The first kappa shape index (κ1) is 23.5. The molecule has 2 heterocycles. The quantitative estimate of drug-likeness (QED) is 0.398. The van der Waals surface area contributed by atoms with E-state index < -0.39 is 10.3 Å². The lowest BCUT2D eigenvalue weighted by molar-refractivity contribution is 0.103. The van der Waals surface area contributed by atoms with Gasteiger partial charge in [-0.15, -0.1) is 0 Å². The zero-order valence-corrected chi connectivity index (χ0v) is 20.0. The Labute approximate surface area is 200 Å². The van der Waals surface area contributed by atoms with Crippen LogP contribution in [0.25, 0.3) is 0 Å². The highest BCUT2D eigenvalue weighted by Crippen LogP contribution is 2.29. The van der Waals surface area contributed by atoms with Gasteiger partial charge in [-0.05, 0) is 48.9 Å². The van der Waals surface area contributed by atoms with Crippen LogP contribution >= 0.6 is 15.9 Å². The molecule has 1 aromatic carbocycles. The van der Waals surface area contributed by atoms with Crippen molar-refractivity contribution in [3.63, 3.8) is 0 Å². The van der Waals surface area contributed by atoms with Crippen molar-refractivity contribution in [2.75, 3.05) is 11.9 Å². The molecule has 10 nitrogen and oxygen atoms in total. The number of hydrogen-bond donors (Lipinski definition) is 2. The van der Waals surface area contributed by atoms with Crippen molar-refractivity contribution in [1.29, 1.82) is 0 Å². The second-order valence-corrected chi connectivity index (χ2v) is 10.1. The van der Waals surface area contributed by atoms with E-state index in [1.807, 2.05) is 24.3 Å². The Kier molecular flexibility index (Phi) is 7.17. The number of carbonyl (C=O) groups is 1. The SMILES string of the molecule is NS(=O)(=O)OC[C@@H]1CC[C@H](Nc2ncncc2C(=O)c2ccn(Cc3cccc(Br)c3)n2)C1. The Balaban J connectivity index is 1.42. The standard InChI is InChI=1S/C21H23BrN6O4S/c22-16-3-1-2-14(8-16)11-28-7-6-19(27-28)20(29)18-10-24-13-25-21(18)26-17-5-4-15(9-17)12-32-33(23,30)31/h1-3,6-8,10,13,15,17H,4-5,9,11-12H2,(H2,23,30,31)(H,24,25,26)/t15-,17+/m1/s1. The van der Waals surface area contributed by atoms with E-state index in [0.717, 1.165) is 22.9 Å². The zero-order chi connectivity index (χ0) is 23.4. The average Bonchev–Trinajstić information content (AvgIpc) is 3.41. The number of nitrogens with one attached hydrogen (secondary N) is 1. The summed E-state index contributed by atoms with van der Waals surface area (Å²) in [6.07, 6.45) is 6.86. The maximum atomic E-state index is 13.1. The monoisotopic (exact) mass is 534 g/mol. The number of anilines is 1. The number of halogens is 1. The van der Waals surface area contributed by atoms with Crippen molar-refractivity contribution in [2.45, 2.75) is 31.8 Å². The van der Waals surface area contributed by atoms with E-state index in [1.165, 1.54) is 12.5 Å². The second kappa shape index (κ2) is 10.1. The summed E-state index contributed by atoms with van der Waals surface area (Å²) in [7, 11) is -3.95. The van der Waals surface area contributed by atoms with E-state index in [0.29, 0.717) is 30.0 Å². The summed E-state index contributed by atoms with van der Waals surface area (Å²) in [5.74, 6) is 0.197. The first-order valence-electron chi connectivity index (χ1n) is 10.3. The molecule has 0 bridgehead atoms. The van der Waals surface area contributed by atoms with Gasteiger partial charge in [0, 0.05) is 22.9 Å². The lowest BCUT2D eigenvalue weighted by atomic mass is 10.1. The third-order valence-corrected chi connectivity index (χ3v) is 6.37. The largest absolute Gasteiger partial charge is 0.367 e. The van der Waals surface area contributed by atoms with Gasteiger partial charge in [0.25, 0.3) is 0 Å². The molecule has 0 unspecified atom stereocenters. The molecule has 3 N–H and O–H groups in total.